The fourth-order valence-corrected chi connectivity index (χ4v) is 4.77. The van der Waals surface area contributed by atoms with E-state index >= 15 is 0 Å². The van der Waals surface area contributed by atoms with Gasteiger partial charge in [-0.2, -0.15) is 0 Å². The van der Waals surface area contributed by atoms with Gasteiger partial charge in [-0.15, -0.1) is 0 Å². The van der Waals surface area contributed by atoms with E-state index in [2.05, 4.69) is 99.9 Å². The van der Waals surface area contributed by atoms with Crippen molar-refractivity contribution in [3.63, 3.8) is 0 Å². The van der Waals surface area contributed by atoms with Gasteiger partial charge in [-0.1, -0.05) is 70.0 Å². The van der Waals surface area contributed by atoms with Crippen LogP contribution in [0.5, 0.6) is 0 Å². The summed E-state index contributed by atoms with van der Waals surface area (Å²) >= 11 is 3.47. The minimum Gasteiger partial charge on any atom is -0.378 e. The number of halogens is 1. The van der Waals surface area contributed by atoms with Crippen LogP contribution in [-0.2, 0) is 0 Å². The Bertz CT molecular complexity index is 1080. The number of nitrogens with one attached hydrogen (secondary N) is 1. The Labute approximate surface area is 180 Å². The lowest BCUT2D eigenvalue weighted by atomic mass is 9.76. The maximum Gasteiger partial charge on any atom is 0.0630 e. The lowest BCUT2D eigenvalue weighted by molar-refractivity contribution is 0.425. The highest BCUT2D eigenvalue weighted by Gasteiger charge is 2.37. The Hall–Kier alpha value is -2.65. The summed E-state index contributed by atoms with van der Waals surface area (Å²) in [6.07, 6.45) is 7.78. The number of anilines is 1. The van der Waals surface area contributed by atoms with Gasteiger partial charge in [0, 0.05) is 22.3 Å². The zero-order chi connectivity index (χ0) is 19.8. The number of nitrogens with zero attached hydrogens (tertiary/aromatic N) is 1. The van der Waals surface area contributed by atoms with Gasteiger partial charge >= 0.3 is 0 Å². The molecule has 0 spiro atoms. The monoisotopic (exact) mass is 442 g/mol. The van der Waals surface area contributed by atoms with Crippen LogP contribution in [-0.4, -0.2) is 6.21 Å². The zero-order valence-corrected chi connectivity index (χ0v) is 17.9. The van der Waals surface area contributed by atoms with Crippen LogP contribution in [0.2, 0.25) is 0 Å². The molecule has 29 heavy (non-hydrogen) atoms. The topological polar surface area (TPSA) is 24.4 Å². The minimum atomic E-state index is 0.328. The largest absolute Gasteiger partial charge is 0.378 e. The molecule has 2 nitrogen and oxygen atoms in total. The molecule has 3 aromatic carbocycles. The number of fused-ring (bicyclic) bond motifs is 3. The van der Waals surface area contributed by atoms with Crippen molar-refractivity contribution in [3.8, 4) is 0 Å². The van der Waals surface area contributed by atoms with Crippen molar-refractivity contribution < 1.29 is 0 Å². The van der Waals surface area contributed by atoms with Crippen LogP contribution in [0, 0.1) is 12.8 Å². The summed E-state index contributed by atoms with van der Waals surface area (Å²) < 4.78 is 1.08. The van der Waals surface area contributed by atoms with Crippen LogP contribution >= 0.6 is 15.9 Å². The average molecular weight is 443 g/mol. The van der Waals surface area contributed by atoms with E-state index in [-0.39, 0.29) is 0 Å². The molecule has 0 radical (unpaired) electrons. The molecule has 0 saturated heterocycles. The van der Waals surface area contributed by atoms with E-state index in [1.807, 2.05) is 18.3 Å². The normalized spacial score (nSPS) is 22.3. The Morgan fingerprint density at radius 2 is 1.79 bits per heavy atom. The standard InChI is InChI=1S/C26H23BrN2/c1-17-5-14-25-24(15-17)22-3-2-4-23(22)26(29-25)19-8-12-21(13-9-19)28-16-18-6-10-20(27)11-7-18/h2-3,5-16,22-23,26,29H,4H2,1H3/t22-,23-,26-/m1/s1. The summed E-state index contributed by atoms with van der Waals surface area (Å²) in [5.41, 5.74) is 7.44. The van der Waals surface area contributed by atoms with Gasteiger partial charge in [0.05, 0.1) is 11.7 Å². The molecule has 0 aromatic heterocycles. The third-order valence-electron chi connectivity index (χ3n) is 6.00. The van der Waals surface area contributed by atoms with Crippen LogP contribution in [0.25, 0.3) is 0 Å². The molecule has 3 heteroatoms. The predicted octanol–water partition coefficient (Wildman–Crippen LogP) is 7.33. The van der Waals surface area contributed by atoms with Gasteiger partial charge in [-0.25, -0.2) is 0 Å². The predicted molar refractivity (Wildman–Crippen MR) is 125 cm³/mol. The molecular formula is C26H23BrN2. The first kappa shape index (κ1) is 18.4. The van der Waals surface area contributed by atoms with Crippen molar-refractivity contribution in [3.05, 3.63) is 106 Å². The van der Waals surface area contributed by atoms with E-state index in [1.165, 1.54) is 22.4 Å². The summed E-state index contributed by atoms with van der Waals surface area (Å²) in [5.74, 6) is 1.08. The molecular weight excluding hydrogens is 420 g/mol. The van der Waals surface area contributed by atoms with Crippen LogP contribution in [0.4, 0.5) is 11.4 Å². The van der Waals surface area contributed by atoms with Crippen molar-refractivity contribution in [2.75, 3.05) is 5.32 Å². The van der Waals surface area contributed by atoms with Crippen LogP contribution in [0.3, 0.4) is 0 Å². The second-order valence-electron chi connectivity index (χ2n) is 7.97. The van der Waals surface area contributed by atoms with E-state index in [4.69, 9.17) is 0 Å². The zero-order valence-electron chi connectivity index (χ0n) is 16.3. The number of aliphatic imine (C=N–C) groups is 1. The Morgan fingerprint density at radius 1 is 1.00 bits per heavy atom. The van der Waals surface area contributed by atoms with Crippen molar-refractivity contribution in [2.45, 2.75) is 25.3 Å². The summed E-state index contributed by atoms with van der Waals surface area (Å²) in [5, 5.41) is 3.81. The second kappa shape index (κ2) is 7.64. The Morgan fingerprint density at radius 3 is 2.59 bits per heavy atom. The lowest BCUT2D eigenvalue weighted by Gasteiger charge is -2.37. The molecule has 0 unspecified atom stereocenters. The van der Waals surface area contributed by atoms with Crippen molar-refractivity contribution >= 4 is 33.5 Å². The van der Waals surface area contributed by atoms with E-state index in [0.717, 1.165) is 22.1 Å². The minimum absolute atomic E-state index is 0.328. The third-order valence-corrected chi connectivity index (χ3v) is 6.53. The fraction of sp³-hybridized carbons (Fsp3) is 0.192. The molecule has 0 saturated carbocycles. The maximum absolute atomic E-state index is 4.63. The highest BCUT2D eigenvalue weighted by Crippen LogP contribution is 2.49. The summed E-state index contributed by atoms with van der Waals surface area (Å²) in [7, 11) is 0. The van der Waals surface area contributed by atoms with Crippen molar-refractivity contribution in [1.82, 2.24) is 0 Å². The van der Waals surface area contributed by atoms with E-state index < -0.39 is 0 Å². The van der Waals surface area contributed by atoms with Crippen molar-refractivity contribution in [1.29, 1.82) is 0 Å². The Balaban J connectivity index is 1.38. The molecule has 1 heterocycles. The van der Waals surface area contributed by atoms with E-state index in [1.54, 1.807) is 0 Å². The first-order chi connectivity index (χ1) is 14.2. The number of aryl methyl sites for hydroxylation is 1. The Kier molecular flexibility index (Phi) is 4.84. The van der Waals surface area contributed by atoms with Crippen LogP contribution < -0.4 is 5.32 Å². The van der Waals surface area contributed by atoms with Crippen molar-refractivity contribution in [2.24, 2.45) is 10.9 Å². The van der Waals surface area contributed by atoms with Gasteiger partial charge in [-0.3, -0.25) is 4.99 Å². The summed E-state index contributed by atoms with van der Waals surface area (Å²) in [6.45, 7) is 2.17. The van der Waals surface area contributed by atoms with Gasteiger partial charge in [0.25, 0.3) is 0 Å². The quantitative estimate of drug-likeness (QED) is 0.333. The highest BCUT2D eigenvalue weighted by atomic mass is 79.9. The average Bonchev–Trinajstić information content (AvgIpc) is 3.24. The molecule has 3 aromatic rings. The third kappa shape index (κ3) is 3.67. The summed E-state index contributed by atoms with van der Waals surface area (Å²) in [4.78, 5) is 4.63. The molecule has 1 N–H and O–H groups in total. The molecule has 3 atom stereocenters. The van der Waals surface area contributed by atoms with Crippen LogP contribution in [0.1, 0.15) is 40.6 Å². The fourth-order valence-electron chi connectivity index (χ4n) is 4.51. The SMILES string of the molecule is Cc1ccc2c(c1)[C@@H]1C=CC[C@H]1[C@@H](c1ccc(N=Cc3ccc(Br)cc3)cc1)N2. The summed E-state index contributed by atoms with van der Waals surface area (Å²) in [6, 6.07) is 24.0. The van der Waals surface area contributed by atoms with Gasteiger partial charge in [0.15, 0.2) is 0 Å². The van der Waals surface area contributed by atoms with Crippen LogP contribution in [0.15, 0.2) is 88.3 Å². The molecule has 2 aliphatic rings. The second-order valence-corrected chi connectivity index (χ2v) is 8.88. The van der Waals surface area contributed by atoms with Gasteiger partial charge in [0.2, 0.25) is 0 Å². The maximum atomic E-state index is 4.63. The molecule has 5 rings (SSSR count). The molecule has 0 bridgehead atoms. The number of hydrogen-bond donors (Lipinski definition) is 1. The molecule has 0 fully saturated rings. The number of allylic oxidation sites excluding steroid dienone is 2. The number of hydrogen-bond acceptors (Lipinski definition) is 2. The molecule has 1 aliphatic carbocycles. The van der Waals surface area contributed by atoms with E-state index in [0.29, 0.717) is 17.9 Å². The number of rotatable bonds is 3. The molecule has 0 amide bonds. The van der Waals surface area contributed by atoms with Gasteiger partial charge in [-0.05, 0) is 66.3 Å². The lowest BCUT2D eigenvalue weighted by Crippen LogP contribution is -2.29. The first-order valence-corrected chi connectivity index (χ1v) is 10.9. The molecule has 144 valence electrons. The smallest absolute Gasteiger partial charge is 0.0630 e. The number of benzene rings is 3. The molecule has 1 aliphatic heterocycles. The van der Waals surface area contributed by atoms with E-state index in [9.17, 15) is 0 Å². The van der Waals surface area contributed by atoms with Gasteiger partial charge < -0.3 is 5.32 Å². The highest BCUT2D eigenvalue weighted by molar-refractivity contribution is 9.10. The first-order valence-electron chi connectivity index (χ1n) is 10.1. The van der Waals surface area contributed by atoms with Gasteiger partial charge in [0.1, 0.15) is 0 Å².